The molecule has 7 heteroatoms. The number of hydrogen-bond acceptors (Lipinski definition) is 5. The summed E-state index contributed by atoms with van der Waals surface area (Å²) in [5.41, 5.74) is 2.89. The van der Waals surface area contributed by atoms with Gasteiger partial charge in [0.25, 0.3) is 11.8 Å². The average molecular weight is 392 g/mol. The molecule has 0 bridgehead atoms. The summed E-state index contributed by atoms with van der Waals surface area (Å²) in [6.45, 7) is 4.23. The molecule has 29 heavy (non-hydrogen) atoms. The lowest BCUT2D eigenvalue weighted by Gasteiger charge is -2.14. The predicted octanol–water partition coefficient (Wildman–Crippen LogP) is 3.20. The average Bonchev–Trinajstić information content (AvgIpc) is 3.39. The Kier molecular flexibility index (Phi) is 4.80. The van der Waals surface area contributed by atoms with Crippen LogP contribution < -0.4 is 0 Å². The van der Waals surface area contributed by atoms with Gasteiger partial charge in [-0.15, -0.1) is 0 Å². The van der Waals surface area contributed by atoms with Crippen molar-refractivity contribution in [3.05, 3.63) is 82.6 Å². The van der Waals surface area contributed by atoms with E-state index in [9.17, 15) is 14.4 Å². The van der Waals surface area contributed by atoms with Crippen LogP contribution in [0.15, 0.2) is 53.1 Å². The smallest absolute Gasteiger partial charge is 0.340 e. The molecule has 2 amide bonds. The maximum absolute atomic E-state index is 12.5. The lowest BCUT2D eigenvalue weighted by molar-refractivity contribution is 0.0419. The Morgan fingerprint density at radius 2 is 1.72 bits per heavy atom. The molecule has 0 radical (unpaired) electrons. The minimum Gasteiger partial charge on any atom is -0.467 e. The van der Waals surface area contributed by atoms with Crippen molar-refractivity contribution in [3.63, 3.8) is 0 Å². The summed E-state index contributed by atoms with van der Waals surface area (Å²) in [5, 5.41) is 0. The van der Waals surface area contributed by atoms with Crippen LogP contribution in [-0.2, 0) is 11.3 Å². The molecule has 148 valence electrons. The third-order valence-corrected chi connectivity index (χ3v) is 5.11. The summed E-state index contributed by atoms with van der Waals surface area (Å²) in [6, 6.07) is 12.1. The summed E-state index contributed by atoms with van der Waals surface area (Å²) in [5.74, 6) is -0.422. The van der Waals surface area contributed by atoms with E-state index in [1.807, 2.05) is 30.5 Å². The number of benzene rings is 1. The molecular formula is C22H20N2O5. The number of ether oxygens (including phenoxy) is 1. The molecule has 3 heterocycles. The van der Waals surface area contributed by atoms with E-state index in [2.05, 4.69) is 0 Å². The highest BCUT2D eigenvalue weighted by Crippen LogP contribution is 2.22. The van der Waals surface area contributed by atoms with Crippen LogP contribution in [0.4, 0.5) is 0 Å². The van der Waals surface area contributed by atoms with Gasteiger partial charge in [0.15, 0.2) is 0 Å². The summed E-state index contributed by atoms with van der Waals surface area (Å²) in [7, 11) is 0. The first-order chi connectivity index (χ1) is 14.0. The first-order valence-corrected chi connectivity index (χ1v) is 9.29. The van der Waals surface area contributed by atoms with Crippen LogP contribution in [0.3, 0.4) is 0 Å². The number of hydrogen-bond donors (Lipinski definition) is 0. The SMILES string of the molecule is Cc1cc(C(=O)OCCN2C(=O)c3ccccc3C2=O)c(C)n1Cc1ccco1. The van der Waals surface area contributed by atoms with Crippen molar-refractivity contribution >= 4 is 17.8 Å². The first kappa shape index (κ1) is 18.7. The summed E-state index contributed by atoms with van der Waals surface area (Å²) < 4.78 is 12.7. The highest BCUT2D eigenvalue weighted by molar-refractivity contribution is 6.21. The van der Waals surface area contributed by atoms with Crippen LogP contribution in [0, 0.1) is 13.8 Å². The molecule has 2 aromatic heterocycles. The van der Waals surface area contributed by atoms with Crippen LogP contribution in [0.2, 0.25) is 0 Å². The Balaban J connectivity index is 1.40. The Hall–Kier alpha value is -3.61. The van der Waals surface area contributed by atoms with E-state index in [0.717, 1.165) is 22.0 Å². The molecule has 4 rings (SSSR count). The number of aryl methyl sites for hydroxylation is 1. The molecule has 0 N–H and O–H groups in total. The standard InChI is InChI=1S/C22H20N2O5/c1-14-12-19(15(2)24(14)13-16-6-5-10-28-16)22(27)29-11-9-23-20(25)17-7-3-4-8-18(17)21(23)26/h3-8,10,12H,9,11,13H2,1-2H3. The fraction of sp³-hybridized carbons (Fsp3) is 0.227. The van der Waals surface area contributed by atoms with Crippen LogP contribution in [0.25, 0.3) is 0 Å². The van der Waals surface area contributed by atoms with Crippen molar-refractivity contribution < 1.29 is 23.5 Å². The van der Waals surface area contributed by atoms with Gasteiger partial charge in [0.1, 0.15) is 12.4 Å². The van der Waals surface area contributed by atoms with Gasteiger partial charge in [-0.25, -0.2) is 4.79 Å². The molecule has 0 spiro atoms. The molecular weight excluding hydrogens is 372 g/mol. The number of fused-ring (bicyclic) bond motifs is 1. The summed E-state index contributed by atoms with van der Waals surface area (Å²) in [6.07, 6.45) is 1.61. The second kappa shape index (κ2) is 7.43. The van der Waals surface area contributed by atoms with Crippen molar-refractivity contribution in [3.8, 4) is 0 Å². The lowest BCUT2D eigenvalue weighted by atomic mass is 10.1. The van der Waals surface area contributed by atoms with Crippen molar-refractivity contribution in [2.45, 2.75) is 20.4 Å². The van der Waals surface area contributed by atoms with Crippen molar-refractivity contribution in [2.24, 2.45) is 0 Å². The van der Waals surface area contributed by atoms with E-state index >= 15 is 0 Å². The topological polar surface area (TPSA) is 81.8 Å². The van der Waals surface area contributed by atoms with Crippen LogP contribution in [0.1, 0.15) is 48.2 Å². The zero-order valence-corrected chi connectivity index (χ0v) is 16.2. The van der Waals surface area contributed by atoms with E-state index in [4.69, 9.17) is 9.15 Å². The van der Waals surface area contributed by atoms with Gasteiger partial charge in [-0.1, -0.05) is 12.1 Å². The molecule has 3 aromatic rings. The highest BCUT2D eigenvalue weighted by Gasteiger charge is 2.34. The minimum atomic E-state index is -0.486. The third kappa shape index (κ3) is 3.35. The number of nitrogens with zero attached hydrogens (tertiary/aromatic N) is 2. The maximum atomic E-state index is 12.5. The number of rotatable bonds is 6. The fourth-order valence-electron chi connectivity index (χ4n) is 3.56. The fourth-order valence-corrected chi connectivity index (χ4v) is 3.56. The van der Waals surface area contributed by atoms with E-state index in [1.54, 1.807) is 36.6 Å². The number of imide groups is 1. The van der Waals surface area contributed by atoms with Crippen LogP contribution in [-0.4, -0.2) is 40.4 Å². The normalized spacial score (nSPS) is 13.1. The van der Waals surface area contributed by atoms with Crippen molar-refractivity contribution in [1.82, 2.24) is 9.47 Å². The van der Waals surface area contributed by atoms with Gasteiger partial charge in [-0.05, 0) is 44.2 Å². The molecule has 1 aliphatic heterocycles. The highest BCUT2D eigenvalue weighted by atomic mass is 16.5. The monoisotopic (exact) mass is 392 g/mol. The number of carbonyl (C=O) groups excluding carboxylic acids is 3. The zero-order valence-electron chi connectivity index (χ0n) is 16.2. The van der Waals surface area contributed by atoms with Gasteiger partial charge in [0.05, 0.1) is 36.0 Å². The number of furan rings is 1. The number of amides is 2. The largest absolute Gasteiger partial charge is 0.467 e. The second-order valence-electron chi connectivity index (χ2n) is 6.89. The molecule has 0 saturated carbocycles. The molecule has 0 saturated heterocycles. The van der Waals surface area contributed by atoms with Gasteiger partial charge in [-0.2, -0.15) is 0 Å². The molecule has 0 atom stereocenters. The van der Waals surface area contributed by atoms with E-state index < -0.39 is 5.97 Å². The Morgan fingerprint density at radius 1 is 1.03 bits per heavy atom. The molecule has 0 aliphatic carbocycles. The first-order valence-electron chi connectivity index (χ1n) is 9.29. The van der Waals surface area contributed by atoms with Gasteiger partial charge in [-0.3, -0.25) is 14.5 Å². The summed E-state index contributed by atoms with van der Waals surface area (Å²) in [4.78, 5) is 38.4. The Morgan fingerprint density at radius 3 is 2.34 bits per heavy atom. The molecule has 1 aliphatic rings. The quantitative estimate of drug-likeness (QED) is 0.475. The van der Waals surface area contributed by atoms with Gasteiger partial charge < -0.3 is 13.7 Å². The van der Waals surface area contributed by atoms with Crippen molar-refractivity contribution in [1.29, 1.82) is 0 Å². The second-order valence-corrected chi connectivity index (χ2v) is 6.89. The third-order valence-electron chi connectivity index (χ3n) is 5.11. The van der Waals surface area contributed by atoms with E-state index in [1.165, 1.54) is 0 Å². The maximum Gasteiger partial charge on any atom is 0.340 e. The molecule has 0 fully saturated rings. The van der Waals surface area contributed by atoms with Crippen LogP contribution in [0.5, 0.6) is 0 Å². The van der Waals surface area contributed by atoms with Gasteiger partial charge >= 0.3 is 5.97 Å². The van der Waals surface area contributed by atoms with Crippen molar-refractivity contribution in [2.75, 3.05) is 13.2 Å². The Labute approximate surface area is 167 Å². The molecule has 0 unspecified atom stereocenters. The van der Waals surface area contributed by atoms with E-state index in [-0.39, 0.29) is 25.0 Å². The lowest BCUT2D eigenvalue weighted by Crippen LogP contribution is -2.33. The van der Waals surface area contributed by atoms with Gasteiger partial charge in [0, 0.05) is 11.4 Å². The van der Waals surface area contributed by atoms with Crippen LogP contribution >= 0.6 is 0 Å². The number of esters is 1. The molecule has 1 aromatic carbocycles. The Bertz CT molecular complexity index is 1060. The number of carbonyl (C=O) groups is 3. The molecule has 7 nitrogen and oxygen atoms in total. The summed E-state index contributed by atoms with van der Waals surface area (Å²) >= 11 is 0. The predicted molar refractivity (Wildman–Crippen MR) is 104 cm³/mol. The minimum absolute atomic E-state index is 0.0171. The zero-order chi connectivity index (χ0) is 20.5. The van der Waals surface area contributed by atoms with E-state index in [0.29, 0.717) is 23.2 Å². The van der Waals surface area contributed by atoms with Gasteiger partial charge in [0.2, 0.25) is 0 Å². The number of aromatic nitrogens is 1.